The van der Waals surface area contributed by atoms with Gasteiger partial charge in [-0.3, -0.25) is 0 Å². The average molecular weight is 334 g/mol. The van der Waals surface area contributed by atoms with Gasteiger partial charge in [0.2, 0.25) is 0 Å². The van der Waals surface area contributed by atoms with Gasteiger partial charge in [0.25, 0.3) is 0 Å². The lowest BCUT2D eigenvalue weighted by molar-refractivity contribution is 0.0770. The highest BCUT2D eigenvalue weighted by atomic mass is 35.5. The number of benzene rings is 1. The minimum atomic E-state index is 0.283. The van der Waals surface area contributed by atoms with Crippen LogP contribution in [-0.2, 0) is 11.3 Å². The van der Waals surface area contributed by atoms with Crippen LogP contribution in [0.1, 0.15) is 39.2 Å². The van der Waals surface area contributed by atoms with E-state index in [0.29, 0.717) is 23.2 Å². The summed E-state index contributed by atoms with van der Waals surface area (Å²) in [5, 5.41) is 4.56. The maximum atomic E-state index is 6.21. The second-order valence-corrected chi connectivity index (χ2v) is 6.02. The van der Waals surface area contributed by atoms with Gasteiger partial charge in [0, 0.05) is 23.7 Å². The van der Waals surface area contributed by atoms with E-state index in [0.717, 1.165) is 37.3 Å². The normalized spacial score (nSPS) is 11.1. The molecule has 0 saturated heterocycles. The summed E-state index contributed by atoms with van der Waals surface area (Å²) in [6.45, 7) is 9.12. The Bertz CT molecular complexity index is 425. The van der Waals surface area contributed by atoms with Crippen molar-refractivity contribution in [1.29, 1.82) is 0 Å². The van der Waals surface area contributed by atoms with Gasteiger partial charge in [0.15, 0.2) is 0 Å². The summed E-state index contributed by atoms with van der Waals surface area (Å²) in [6.07, 6.45) is 2.20. The predicted octanol–water partition coefficient (Wildman–Crippen LogP) is 4.69. The molecule has 0 bridgehead atoms. The van der Waals surface area contributed by atoms with Gasteiger partial charge < -0.3 is 14.8 Å². The highest BCUT2D eigenvalue weighted by Gasteiger charge is 2.10. The molecule has 1 aromatic carbocycles. The van der Waals surface area contributed by atoms with Gasteiger partial charge >= 0.3 is 0 Å². The van der Waals surface area contributed by atoms with Crippen LogP contribution in [0.3, 0.4) is 0 Å². The first kappa shape index (κ1) is 18.6. The van der Waals surface area contributed by atoms with Crippen molar-refractivity contribution in [2.75, 3.05) is 19.8 Å². The summed E-state index contributed by atoms with van der Waals surface area (Å²) in [7, 11) is 0. The minimum absolute atomic E-state index is 0.283. The van der Waals surface area contributed by atoms with Crippen molar-refractivity contribution < 1.29 is 9.47 Å². The Labute approximate surface area is 137 Å². The fraction of sp³-hybridized carbons (Fsp3) is 0.625. The molecule has 0 aliphatic carbocycles. The van der Waals surface area contributed by atoms with Crippen LogP contribution in [0.5, 0.6) is 5.75 Å². The monoisotopic (exact) mass is 333 g/mol. The first-order valence-electron chi connectivity index (χ1n) is 7.47. The lowest BCUT2D eigenvalue weighted by Gasteiger charge is -2.14. The van der Waals surface area contributed by atoms with Gasteiger partial charge in [-0.05, 0) is 45.4 Å². The van der Waals surface area contributed by atoms with Crippen molar-refractivity contribution in [1.82, 2.24) is 5.32 Å². The largest absolute Gasteiger partial charge is 0.492 e. The predicted molar refractivity (Wildman–Crippen MR) is 89.7 cm³/mol. The van der Waals surface area contributed by atoms with Gasteiger partial charge in [-0.1, -0.05) is 30.1 Å². The zero-order valence-electron chi connectivity index (χ0n) is 13.0. The highest BCUT2D eigenvalue weighted by Crippen LogP contribution is 2.32. The van der Waals surface area contributed by atoms with Crippen LogP contribution in [0, 0.1) is 0 Å². The van der Waals surface area contributed by atoms with E-state index >= 15 is 0 Å². The second-order valence-electron chi connectivity index (χ2n) is 5.17. The Hall–Kier alpha value is -0.480. The molecule has 0 amide bonds. The zero-order chi connectivity index (χ0) is 15.7. The summed E-state index contributed by atoms with van der Waals surface area (Å²) in [6, 6.07) is 3.62. The molecule has 3 nitrogen and oxygen atoms in total. The molecule has 120 valence electrons. The summed E-state index contributed by atoms with van der Waals surface area (Å²) in [4.78, 5) is 0. The third-order valence-corrected chi connectivity index (χ3v) is 3.30. The zero-order valence-corrected chi connectivity index (χ0v) is 14.6. The molecule has 0 aliphatic heterocycles. The molecule has 0 atom stereocenters. The Kier molecular flexibility index (Phi) is 9.09. The van der Waals surface area contributed by atoms with Gasteiger partial charge in [-0.15, -0.1) is 0 Å². The van der Waals surface area contributed by atoms with Crippen molar-refractivity contribution in [3.05, 3.63) is 27.7 Å². The molecule has 0 aliphatic rings. The molecule has 0 unspecified atom stereocenters. The number of halogens is 2. The topological polar surface area (TPSA) is 30.5 Å². The highest BCUT2D eigenvalue weighted by molar-refractivity contribution is 6.35. The van der Waals surface area contributed by atoms with E-state index in [-0.39, 0.29) is 6.10 Å². The van der Waals surface area contributed by atoms with Crippen LogP contribution >= 0.6 is 23.2 Å². The molecule has 1 N–H and O–H groups in total. The van der Waals surface area contributed by atoms with Crippen molar-refractivity contribution in [3.63, 3.8) is 0 Å². The van der Waals surface area contributed by atoms with Crippen molar-refractivity contribution in [2.45, 2.75) is 46.3 Å². The smallest absolute Gasteiger partial charge is 0.142 e. The average Bonchev–Trinajstić information content (AvgIpc) is 2.41. The molecule has 1 aromatic rings. The fourth-order valence-electron chi connectivity index (χ4n) is 1.85. The lowest BCUT2D eigenvalue weighted by atomic mass is 10.2. The Morgan fingerprint density at radius 3 is 2.62 bits per heavy atom. The molecule has 0 radical (unpaired) electrons. The van der Waals surface area contributed by atoms with Crippen LogP contribution in [0.15, 0.2) is 12.1 Å². The third kappa shape index (κ3) is 7.37. The maximum absolute atomic E-state index is 6.21. The summed E-state index contributed by atoms with van der Waals surface area (Å²) in [5.74, 6) is 0.730. The van der Waals surface area contributed by atoms with Gasteiger partial charge in [0.05, 0.1) is 17.7 Å². The minimum Gasteiger partial charge on any atom is -0.492 e. The van der Waals surface area contributed by atoms with E-state index in [4.69, 9.17) is 32.7 Å². The summed E-state index contributed by atoms with van der Waals surface area (Å²) < 4.78 is 11.2. The van der Waals surface area contributed by atoms with Crippen LogP contribution in [0.25, 0.3) is 0 Å². The molecule has 0 spiro atoms. The summed E-state index contributed by atoms with van der Waals surface area (Å²) in [5.41, 5.74) is 0.991. The van der Waals surface area contributed by atoms with E-state index in [1.807, 2.05) is 19.9 Å². The number of ether oxygens (including phenoxy) is 2. The molecule has 0 heterocycles. The Morgan fingerprint density at radius 2 is 1.95 bits per heavy atom. The van der Waals surface area contributed by atoms with Crippen LogP contribution in [0.2, 0.25) is 10.0 Å². The molecule has 0 aromatic heterocycles. The van der Waals surface area contributed by atoms with E-state index in [9.17, 15) is 0 Å². The molecule has 1 rings (SSSR count). The van der Waals surface area contributed by atoms with Crippen LogP contribution in [-0.4, -0.2) is 25.9 Å². The van der Waals surface area contributed by atoms with E-state index in [1.54, 1.807) is 6.07 Å². The van der Waals surface area contributed by atoms with Crippen molar-refractivity contribution in [2.24, 2.45) is 0 Å². The Morgan fingerprint density at radius 1 is 1.19 bits per heavy atom. The van der Waals surface area contributed by atoms with Crippen molar-refractivity contribution in [3.8, 4) is 5.75 Å². The van der Waals surface area contributed by atoms with Crippen molar-refractivity contribution >= 4 is 23.2 Å². The molecular formula is C16H25Cl2NO2. The van der Waals surface area contributed by atoms with Crippen LogP contribution in [0.4, 0.5) is 0 Å². The SMILES string of the molecule is CCCOc1c(Cl)cc(Cl)cc1CNCCCOC(C)C. The van der Waals surface area contributed by atoms with E-state index in [1.165, 1.54) is 0 Å². The number of nitrogens with one attached hydrogen (secondary N) is 1. The van der Waals surface area contributed by atoms with E-state index in [2.05, 4.69) is 12.2 Å². The number of rotatable bonds is 10. The molecular weight excluding hydrogens is 309 g/mol. The summed E-state index contributed by atoms with van der Waals surface area (Å²) >= 11 is 12.3. The first-order valence-corrected chi connectivity index (χ1v) is 8.23. The quantitative estimate of drug-likeness (QED) is 0.630. The van der Waals surface area contributed by atoms with Gasteiger partial charge in [-0.2, -0.15) is 0 Å². The fourth-order valence-corrected chi connectivity index (χ4v) is 2.44. The van der Waals surface area contributed by atoms with Gasteiger partial charge in [-0.25, -0.2) is 0 Å². The standard InChI is InChI=1S/C16H25Cl2NO2/c1-4-7-21-16-13(9-14(17)10-15(16)18)11-19-6-5-8-20-12(2)3/h9-10,12,19H,4-8,11H2,1-3H3. The second kappa shape index (κ2) is 10.3. The number of hydrogen-bond donors (Lipinski definition) is 1. The number of hydrogen-bond acceptors (Lipinski definition) is 3. The van der Waals surface area contributed by atoms with Gasteiger partial charge in [0.1, 0.15) is 5.75 Å². The van der Waals surface area contributed by atoms with E-state index < -0.39 is 0 Å². The molecule has 5 heteroatoms. The maximum Gasteiger partial charge on any atom is 0.142 e. The lowest BCUT2D eigenvalue weighted by Crippen LogP contribution is -2.18. The Balaban J connectivity index is 2.49. The molecule has 0 fully saturated rings. The third-order valence-electron chi connectivity index (χ3n) is 2.80. The van der Waals surface area contributed by atoms with Crippen LogP contribution < -0.4 is 10.1 Å². The first-order chi connectivity index (χ1) is 10.0. The molecule has 21 heavy (non-hydrogen) atoms. The molecule has 0 saturated carbocycles.